The van der Waals surface area contributed by atoms with Gasteiger partial charge in [0.05, 0.1) is 6.42 Å². The number of rotatable bonds is 2. The SMILES string of the molecule is CC(C)(C)c1noc(CC(O)C(F)(F)F)n1. The van der Waals surface area contributed by atoms with E-state index in [9.17, 15) is 13.2 Å². The molecule has 1 N–H and O–H groups in total. The van der Waals surface area contributed by atoms with Crippen LogP contribution in [-0.2, 0) is 11.8 Å². The van der Waals surface area contributed by atoms with Crippen molar-refractivity contribution < 1.29 is 22.8 Å². The summed E-state index contributed by atoms with van der Waals surface area (Å²) in [7, 11) is 0. The molecule has 1 rings (SSSR count). The third-order valence-corrected chi connectivity index (χ3v) is 1.88. The highest BCUT2D eigenvalue weighted by Gasteiger charge is 2.39. The number of halogens is 3. The summed E-state index contributed by atoms with van der Waals surface area (Å²) >= 11 is 0. The van der Waals surface area contributed by atoms with E-state index in [0.717, 1.165) is 0 Å². The van der Waals surface area contributed by atoms with Gasteiger partial charge in [-0.15, -0.1) is 0 Å². The summed E-state index contributed by atoms with van der Waals surface area (Å²) < 4.78 is 40.7. The first-order valence-corrected chi connectivity index (χ1v) is 4.68. The molecule has 1 unspecified atom stereocenters. The summed E-state index contributed by atoms with van der Waals surface area (Å²) in [5.74, 6) is 0.103. The highest BCUT2D eigenvalue weighted by molar-refractivity contribution is 5.00. The Bertz CT molecular complexity index is 354. The molecule has 1 atom stereocenters. The second-order valence-corrected chi connectivity index (χ2v) is 4.52. The molecule has 0 amide bonds. The number of aromatic nitrogens is 2. The maximum Gasteiger partial charge on any atom is 0.414 e. The first-order valence-electron chi connectivity index (χ1n) is 4.68. The van der Waals surface area contributed by atoms with E-state index in [4.69, 9.17) is 5.11 Å². The zero-order valence-corrected chi connectivity index (χ0v) is 9.17. The van der Waals surface area contributed by atoms with Crippen molar-refractivity contribution in [2.75, 3.05) is 0 Å². The van der Waals surface area contributed by atoms with Gasteiger partial charge in [-0.05, 0) is 0 Å². The van der Waals surface area contributed by atoms with Gasteiger partial charge in [0.15, 0.2) is 11.9 Å². The van der Waals surface area contributed by atoms with E-state index in [2.05, 4.69) is 14.7 Å². The molecular weight excluding hydrogens is 225 g/mol. The van der Waals surface area contributed by atoms with E-state index in [1.165, 1.54) is 0 Å². The Morgan fingerprint density at radius 2 is 1.88 bits per heavy atom. The Morgan fingerprint density at radius 1 is 1.31 bits per heavy atom. The Balaban J connectivity index is 2.74. The van der Waals surface area contributed by atoms with E-state index < -0.39 is 24.1 Å². The molecule has 0 aromatic carbocycles. The predicted octanol–water partition coefficient (Wildman–Crippen LogP) is 1.83. The second kappa shape index (κ2) is 4.04. The van der Waals surface area contributed by atoms with Gasteiger partial charge in [-0.25, -0.2) is 0 Å². The Hall–Kier alpha value is -1.11. The minimum atomic E-state index is -4.67. The summed E-state index contributed by atoms with van der Waals surface area (Å²) in [6.07, 6.45) is -7.86. The predicted molar refractivity (Wildman–Crippen MR) is 48.8 cm³/mol. The molecule has 92 valence electrons. The van der Waals surface area contributed by atoms with Crippen molar-refractivity contribution in [2.45, 2.75) is 44.9 Å². The van der Waals surface area contributed by atoms with Crippen LogP contribution in [0.4, 0.5) is 13.2 Å². The molecule has 0 saturated carbocycles. The van der Waals surface area contributed by atoms with Crippen LogP contribution in [-0.4, -0.2) is 27.5 Å². The second-order valence-electron chi connectivity index (χ2n) is 4.52. The Kier molecular flexibility index (Phi) is 3.27. The summed E-state index contributed by atoms with van der Waals surface area (Å²) in [6, 6.07) is 0. The van der Waals surface area contributed by atoms with Gasteiger partial charge in [0, 0.05) is 5.41 Å². The molecule has 1 aromatic rings. The van der Waals surface area contributed by atoms with Gasteiger partial charge in [0.25, 0.3) is 0 Å². The summed E-state index contributed by atoms with van der Waals surface area (Å²) in [4.78, 5) is 3.80. The van der Waals surface area contributed by atoms with E-state index >= 15 is 0 Å². The molecule has 4 nitrogen and oxygen atoms in total. The van der Waals surface area contributed by atoms with Crippen LogP contribution in [0.2, 0.25) is 0 Å². The fourth-order valence-corrected chi connectivity index (χ4v) is 0.924. The normalized spacial score (nSPS) is 15.2. The molecular formula is C9H13F3N2O2. The molecule has 0 aliphatic heterocycles. The van der Waals surface area contributed by atoms with Crippen LogP contribution in [0.3, 0.4) is 0 Å². The van der Waals surface area contributed by atoms with E-state index in [0.29, 0.717) is 5.82 Å². The molecule has 0 bridgehead atoms. The largest absolute Gasteiger partial charge is 0.414 e. The van der Waals surface area contributed by atoms with Crippen LogP contribution < -0.4 is 0 Å². The lowest BCUT2D eigenvalue weighted by Gasteiger charge is -2.12. The molecule has 0 saturated heterocycles. The van der Waals surface area contributed by atoms with Crippen molar-refractivity contribution in [2.24, 2.45) is 0 Å². The number of aliphatic hydroxyl groups excluding tert-OH is 1. The lowest BCUT2D eigenvalue weighted by molar-refractivity contribution is -0.204. The number of hydrogen-bond acceptors (Lipinski definition) is 4. The quantitative estimate of drug-likeness (QED) is 0.853. The average Bonchev–Trinajstić information content (AvgIpc) is 2.49. The smallest absolute Gasteiger partial charge is 0.383 e. The van der Waals surface area contributed by atoms with Gasteiger partial charge >= 0.3 is 6.18 Å². The van der Waals surface area contributed by atoms with E-state index in [-0.39, 0.29) is 5.89 Å². The molecule has 1 heterocycles. The first kappa shape index (κ1) is 13.0. The fraction of sp³-hybridized carbons (Fsp3) is 0.778. The zero-order chi connectivity index (χ0) is 12.6. The number of alkyl halides is 3. The Labute approximate surface area is 90.5 Å². The highest BCUT2D eigenvalue weighted by atomic mass is 19.4. The van der Waals surface area contributed by atoms with Gasteiger partial charge in [-0.3, -0.25) is 0 Å². The molecule has 0 radical (unpaired) electrons. The molecule has 0 spiro atoms. The summed E-state index contributed by atoms with van der Waals surface area (Å²) in [5, 5.41) is 12.4. The van der Waals surface area contributed by atoms with Crippen LogP contribution in [0, 0.1) is 0 Å². The van der Waals surface area contributed by atoms with Gasteiger partial charge in [-0.1, -0.05) is 25.9 Å². The summed E-state index contributed by atoms with van der Waals surface area (Å²) in [5.41, 5.74) is -0.398. The van der Waals surface area contributed by atoms with Crippen LogP contribution in [0.5, 0.6) is 0 Å². The van der Waals surface area contributed by atoms with Gasteiger partial charge in [0.1, 0.15) is 0 Å². The van der Waals surface area contributed by atoms with Crippen LogP contribution in [0.1, 0.15) is 32.5 Å². The average molecular weight is 238 g/mol. The van der Waals surface area contributed by atoms with Crippen LogP contribution in [0.15, 0.2) is 4.52 Å². The van der Waals surface area contributed by atoms with Crippen molar-refractivity contribution in [3.05, 3.63) is 11.7 Å². The van der Waals surface area contributed by atoms with Crippen LogP contribution >= 0.6 is 0 Å². The van der Waals surface area contributed by atoms with Crippen LogP contribution in [0.25, 0.3) is 0 Å². The number of hydrogen-bond donors (Lipinski definition) is 1. The van der Waals surface area contributed by atoms with Crippen molar-refractivity contribution >= 4 is 0 Å². The summed E-state index contributed by atoms with van der Waals surface area (Å²) in [6.45, 7) is 5.42. The topological polar surface area (TPSA) is 59.2 Å². The monoisotopic (exact) mass is 238 g/mol. The van der Waals surface area contributed by atoms with Gasteiger partial charge in [-0.2, -0.15) is 18.2 Å². The standard InChI is InChI=1S/C9H13F3N2O2/c1-8(2,3)7-13-6(16-14-7)4-5(15)9(10,11)12/h5,15H,4H2,1-3H3. The van der Waals surface area contributed by atoms with Crippen molar-refractivity contribution in [1.82, 2.24) is 10.1 Å². The molecule has 0 aliphatic rings. The first-order chi connectivity index (χ1) is 7.10. The maximum atomic E-state index is 12.0. The van der Waals surface area contributed by atoms with Crippen molar-refractivity contribution in [1.29, 1.82) is 0 Å². The van der Waals surface area contributed by atoms with E-state index in [1.54, 1.807) is 0 Å². The third kappa shape index (κ3) is 3.19. The lowest BCUT2D eigenvalue weighted by atomic mass is 9.96. The van der Waals surface area contributed by atoms with Crippen molar-refractivity contribution in [3.8, 4) is 0 Å². The minimum absolute atomic E-state index is 0.213. The molecule has 1 aromatic heterocycles. The molecule has 0 aliphatic carbocycles. The minimum Gasteiger partial charge on any atom is -0.383 e. The third-order valence-electron chi connectivity index (χ3n) is 1.88. The fourth-order valence-electron chi connectivity index (χ4n) is 0.924. The Morgan fingerprint density at radius 3 is 2.25 bits per heavy atom. The van der Waals surface area contributed by atoms with Gasteiger partial charge in [0.2, 0.25) is 5.89 Å². The van der Waals surface area contributed by atoms with Crippen molar-refractivity contribution in [3.63, 3.8) is 0 Å². The number of aliphatic hydroxyl groups is 1. The van der Waals surface area contributed by atoms with E-state index in [1.807, 2.05) is 20.8 Å². The zero-order valence-electron chi connectivity index (χ0n) is 9.17. The van der Waals surface area contributed by atoms with Gasteiger partial charge < -0.3 is 9.63 Å². The molecule has 16 heavy (non-hydrogen) atoms. The lowest BCUT2D eigenvalue weighted by Crippen LogP contribution is -2.30. The highest BCUT2D eigenvalue weighted by Crippen LogP contribution is 2.24. The molecule has 0 fully saturated rings. The number of nitrogens with zero attached hydrogens (tertiary/aromatic N) is 2. The molecule has 7 heteroatoms. The maximum absolute atomic E-state index is 12.0.